The molecule has 0 aliphatic heterocycles. The van der Waals surface area contributed by atoms with Gasteiger partial charge in [0.15, 0.2) is 0 Å². The highest BCUT2D eigenvalue weighted by Crippen LogP contribution is 2.34. The highest BCUT2D eigenvalue weighted by Gasteiger charge is 2.37. The zero-order valence-electron chi connectivity index (χ0n) is 8.04. The van der Waals surface area contributed by atoms with Gasteiger partial charge in [0.1, 0.15) is 5.25 Å². The third-order valence-electron chi connectivity index (χ3n) is 1.45. The first-order valence-electron chi connectivity index (χ1n) is 3.98. The SMILES string of the molecule is CSCc1nnc(SC(C)C(F)(F)F)o1. The van der Waals surface area contributed by atoms with Crippen molar-refractivity contribution in [2.45, 2.75) is 29.3 Å². The fraction of sp³-hybridized carbons (Fsp3) is 0.714. The fourth-order valence-electron chi connectivity index (χ4n) is 0.686. The van der Waals surface area contributed by atoms with E-state index in [1.54, 1.807) is 0 Å². The maximum Gasteiger partial charge on any atom is 0.400 e. The van der Waals surface area contributed by atoms with Gasteiger partial charge in [0, 0.05) is 0 Å². The molecule has 0 fully saturated rings. The van der Waals surface area contributed by atoms with E-state index in [-0.39, 0.29) is 5.22 Å². The zero-order valence-corrected chi connectivity index (χ0v) is 9.67. The zero-order chi connectivity index (χ0) is 11.5. The first kappa shape index (κ1) is 12.7. The Morgan fingerprint density at radius 3 is 2.60 bits per heavy atom. The summed E-state index contributed by atoms with van der Waals surface area (Å²) < 4.78 is 41.5. The first-order valence-corrected chi connectivity index (χ1v) is 6.25. The maximum absolute atomic E-state index is 12.2. The molecule has 1 atom stereocenters. The number of aromatic nitrogens is 2. The van der Waals surface area contributed by atoms with Crippen molar-refractivity contribution in [1.29, 1.82) is 0 Å². The van der Waals surface area contributed by atoms with Gasteiger partial charge in [-0.05, 0) is 13.2 Å². The molecule has 0 saturated heterocycles. The van der Waals surface area contributed by atoms with Crippen LogP contribution in [-0.4, -0.2) is 27.9 Å². The summed E-state index contributed by atoms with van der Waals surface area (Å²) >= 11 is 1.99. The van der Waals surface area contributed by atoms with Crippen LogP contribution in [0, 0.1) is 0 Å². The molecular weight excluding hydrogens is 249 g/mol. The van der Waals surface area contributed by atoms with Gasteiger partial charge in [-0.3, -0.25) is 0 Å². The van der Waals surface area contributed by atoms with Crippen LogP contribution in [0.2, 0.25) is 0 Å². The van der Waals surface area contributed by atoms with E-state index >= 15 is 0 Å². The average molecular weight is 258 g/mol. The lowest BCUT2D eigenvalue weighted by molar-refractivity contribution is -0.125. The van der Waals surface area contributed by atoms with E-state index < -0.39 is 11.4 Å². The minimum absolute atomic E-state index is 0.0381. The van der Waals surface area contributed by atoms with Crippen molar-refractivity contribution in [3.8, 4) is 0 Å². The molecule has 15 heavy (non-hydrogen) atoms. The number of thioether (sulfide) groups is 2. The molecular formula is C7H9F3N2OS2. The van der Waals surface area contributed by atoms with Crippen molar-refractivity contribution in [3.05, 3.63) is 5.89 Å². The molecule has 0 aliphatic carbocycles. The van der Waals surface area contributed by atoms with Gasteiger partial charge in [0.05, 0.1) is 5.75 Å². The molecule has 0 aliphatic rings. The number of rotatable bonds is 4. The van der Waals surface area contributed by atoms with Gasteiger partial charge >= 0.3 is 6.18 Å². The molecule has 1 aromatic rings. The summed E-state index contributed by atoms with van der Waals surface area (Å²) in [5.74, 6) is 0.855. The molecule has 1 aromatic heterocycles. The van der Waals surface area contributed by atoms with Gasteiger partial charge in [-0.15, -0.1) is 10.2 Å². The molecule has 1 unspecified atom stereocenters. The van der Waals surface area contributed by atoms with E-state index in [9.17, 15) is 13.2 Å². The fourth-order valence-corrected chi connectivity index (χ4v) is 1.72. The van der Waals surface area contributed by atoms with Gasteiger partial charge in [0.2, 0.25) is 5.89 Å². The Hall–Kier alpha value is -0.370. The lowest BCUT2D eigenvalue weighted by Gasteiger charge is -2.11. The minimum Gasteiger partial charge on any atom is -0.415 e. The van der Waals surface area contributed by atoms with E-state index in [1.807, 2.05) is 6.26 Å². The second-order valence-corrected chi connectivity index (χ2v) is 4.85. The third-order valence-corrected chi connectivity index (χ3v) is 2.98. The Morgan fingerprint density at radius 1 is 1.40 bits per heavy atom. The van der Waals surface area contributed by atoms with Crippen molar-refractivity contribution in [3.63, 3.8) is 0 Å². The number of hydrogen-bond acceptors (Lipinski definition) is 5. The van der Waals surface area contributed by atoms with Crippen molar-refractivity contribution in [2.24, 2.45) is 0 Å². The highest BCUT2D eigenvalue weighted by atomic mass is 32.2. The van der Waals surface area contributed by atoms with Crippen LogP contribution in [0.3, 0.4) is 0 Å². The summed E-state index contributed by atoms with van der Waals surface area (Å²) in [6.07, 6.45) is -2.41. The van der Waals surface area contributed by atoms with Gasteiger partial charge in [0.25, 0.3) is 5.22 Å². The molecule has 0 aromatic carbocycles. The molecule has 1 heterocycles. The molecule has 0 spiro atoms. The van der Waals surface area contributed by atoms with E-state index in [0.717, 1.165) is 6.92 Å². The molecule has 0 bridgehead atoms. The van der Waals surface area contributed by atoms with Crippen LogP contribution in [0.25, 0.3) is 0 Å². The van der Waals surface area contributed by atoms with E-state index in [1.165, 1.54) is 11.8 Å². The van der Waals surface area contributed by atoms with Crippen molar-refractivity contribution < 1.29 is 17.6 Å². The molecule has 1 rings (SSSR count). The molecule has 86 valence electrons. The van der Waals surface area contributed by atoms with Crippen LogP contribution in [0.5, 0.6) is 0 Å². The first-order chi connectivity index (χ1) is 6.93. The number of alkyl halides is 3. The van der Waals surface area contributed by atoms with E-state index in [4.69, 9.17) is 4.42 Å². The summed E-state index contributed by atoms with van der Waals surface area (Å²) in [4.78, 5) is 0. The Morgan fingerprint density at radius 2 is 2.07 bits per heavy atom. The van der Waals surface area contributed by atoms with Crippen LogP contribution in [0.4, 0.5) is 13.2 Å². The summed E-state index contributed by atoms with van der Waals surface area (Å²) in [6, 6.07) is 0. The van der Waals surface area contributed by atoms with Crippen LogP contribution in [0.15, 0.2) is 9.64 Å². The van der Waals surface area contributed by atoms with E-state index in [2.05, 4.69) is 10.2 Å². The van der Waals surface area contributed by atoms with Gasteiger partial charge in [-0.2, -0.15) is 24.9 Å². The van der Waals surface area contributed by atoms with Crippen LogP contribution >= 0.6 is 23.5 Å². The monoisotopic (exact) mass is 258 g/mol. The number of halogens is 3. The second kappa shape index (κ2) is 5.11. The smallest absolute Gasteiger partial charge is 0.400 e. The van der Waals surface area contributed by atoms with Crippen LogP contribution in [0.1, 0.15) is 12.8 Å². The lowest BCUT2D eigenvalue weighted by atomic mass is 10.5. The largest absolute Gasteiger partial charge is 0.415 e. The maximum atomic E-state index is 12.2. The van der Waals surface area contributed by atoms with Gasteiger partial charge < -0.3 is 4.42 Å². The Kier molecular flexibility index (Phi) is 4.32. The third kappa shape index (κ3) is 3.94. The quantitative estimate of drug-likeness (QED) is 0.776. The van der Waals surface area contributed by atoms with Crippen molar-refractivity contribution in [1.82, 2.24) is 10.2 Å². The summed E-state index contributed by atoms with van der Waals surface area (Å²) in [6.45, 7) is 1.06. The van der Waals surface area contributed by atoms with Gasteiger partial charge in [-0.25, -0.2) is 0 Å². The van der Waals surface area contributed by atoms with Crippen LogP contribution in [-0.2, 0) is 5.75 Å². The van der Waals surface area contributed by atoms with Gasteiger partial charge in [-0.1, -0.05) is 11.8 Å². The molecule has 0 amide bonds. The van der Waals surface area contributed by atoms with Crippen molar-refractivity contribution in [2.75, 3.05) is 6.26 Å². The normalized spacial score (nSPS) is 14.2. The molecule has 0 radical (unpaired) electrons. The standard InChI is InChI=1S/C7H9F3N2OS2/c1-4(7(8,9)10)15-6-12-11-5(13-6)3-14-2/h4H,3H2,1-2H3. The Balaban J connectivity index is 2.57. The molecule has 3 nitrogen and oxygen atoms in total. The molecule has 0 N–H and O–H groups in total. The highest BCUT2D eigenvalue weighted by molar-refractivity contribution is 7.99. The van der Waals surface area contributed by atoms with E-state index in [0.29, 0.717) is 23.4 Å². The minimum atomic E-state index is -4.25. The Bertz CT molecular complexity index is 315. The number of nitrogens with zero attached hydrogens (tertiary/aromatic N) is 2. The average Bonchev–Trinajstić information content (AvgIpc) is 2.51. The molecule has 0 saturated carbocycles. The summed E-state index contributed by atoms with van der Waals surface area (Å²) in [7, 11) is 0. The summed E-state index contributed by atoms with van der Waals surface area (Å²) in [5.41, 5.74) is 0. The number of hydrogen-bond donors (Lipinski definition) is 0. The molecule has 8 heteroatoms. The van der Waals surface area contributed by atoms with Crippen LogP contribution < -0.4 is 0 Å². The predicted molar refractivity (Wildman–Crippen MR) is 52.9 cm³/mol. The summed E-state index contributed by atoms with van der Waals surface area (Å²) in [5, 5.41) is 5.56. The second-order valence-electron chi connectivity index (χ2n) is 2.70. The van der Waals surface area contributed by atoms with Crippen molar-refractivity contribution >= 4 is 23.5 Å². The topological polar surface area (TPSA) is 38.9 Å². The lowest BCUT2D eigenvalue weighted by Crippen LogP contribution is -2.21. The Labute approximate surface area is 93.2 Å². The predicted octanol–water partition coefficient (Wildman–Crippen LogP) is 2.98.